The van der Waals surface area contributed by atoms with Crippen molar-refractivity contribution in [2.24, 2.45) is 23.2 Å². The molecule has 6 unspecified atom stereocenters. The van der Waals surface area contributed by atoms with E-state index in [2.05, 4.69) is 41.0 Å². The van der Waals surface area contributed by atoms with Crippen molar-refractivity contribution in [3.8, 4) is 0 Å². The first-order valence-electron chi connectivity index (χ1n) is 15.0. The highest BCUT2D eigenvalue weighted by Gasteiger charge is 2.70. The molecule has 3 amide bonds. The van der Waals surface area contributed by atoms with E-state index in [1.54, 1.807) is 11.8 Å². The molecule has 7 heteroatoms. The highest BCUT2D eigenvalue weighted by atomic mass is 32.2. The Bertz CT molecular complexity index is 1340. The number of carbonyl (C=O) groups excluding carboxylic acids is 3. The number of amides is 3. The van der Waals surface area contributed by atoms with E-state index in [4.69, 9.17) is 0 Å². The molecule has 2 aromatic rings. The van der Waals surface area contributed by atoms with Gasteiger partial charge in [-0.3, -0.25) is 19.7 Å². The molecule has 4 saturated carbocycles. The fourth-order valence-electron chi connectivity index (χ4n) is 9.22. The summed E-state index contributed by atoms with van der Waals surface area (Å²) in [5, 5.41) is 6.23. The number of carbonyl (C=O) groups is 3. The second-order valence-electron chi connectivity index (χ2n) is 13.3. The maximum Gasteiger partial charge on any atom is 0.254 e. The first-order valence-corrected chi connectivity index (χ1v) is 16.0. The SMILES string of the molecule is CC(CCC(=O)NC=O)N1Cc2c(SCc3ccc(CNC45CC6CC7CC(C4)C7(C6)C5)cc3)cccc2C1=O. The minimum absolute atomic E-state index is 0.0217. The summed E-state index contributed by atoms with van der Waals surface area (Å²) in [4.78, 5) is 38.3. The van der Waals surface area contributed by atoms with Crippen LogP contribution in [0.2, 0.25) is 0 Å². The predicted octanol–water partition coefficient (Wildman–Crippen LogP) is 5.43. The molecule has 0 radical (unpaired) electrons. The molecule has 0 aromatic heterocycles. The smallest absolute Gasteiger partial charge is 0.254 e. The van der Waals surface area contributed by atoms with Gasteiger partial charge in [0.05, 0.1) is 0 Å². The number of nitrogens with zero attached hydrogens (tertiary/aromatic N) is 1. The maximum atomic E-state index is 13.1. The van der Waals surface area contributed by atoms with Gasteiger partial charge >= 0.3 is 0 Å². The van der Waals surface area contributed by atoms with Gasteiger partial charge in [0.25, 0.3) is 5.91 Å². The average Bonchev–Trinajstić information content (AvgIpc) is 3.46. The molecule has 3 bridgehead atoms. The van der Waals surface area contributed by atoms with Crippen LogP contribution in [0.4, 0.5) is 0 Å². The van der Waals surface area contributed by atoms with Crippen LogP contribution in [0.25, 0.3) is 0 Å². The third-order valence-corrected chi connectivity index (χ3v) is 12.2. The molecule has 7 rings (SSSR count). The first-order chi connectivity index (χ1) is 19.4. The highest BCUT2D eigenvalue weighted by molar-refractivity contribution is 7.98. The number of fused-ring (bicyclic) bond motifs is 3. The number of benzene rings is 2. The Labute approximate surface area is 241 Å². The largest absolute Gasteiger partial charge is 0.332 e. The Kier molecular flexibility index (Phi) is 6.58. The average molecular weight is 558 g/mol. The zero-order valence-electron chi connectivity index (χ0n) is 23.3. The van der Waals surface area contributed by atoms with Crippen molar-refractivity contribution in [3.63, 3.8) is 0 Å². The molecule has 5 aliphatic rings. The van der Waals surface area contributed by atoms with E-state index < -0.39 is 0 Å². The number of hydrogen-bond acceptors (Lipinski definition) is 5. The van der Waals surface area contributed by atoms with Crippen LogP contribution < -0.4 is 10.6 Å². The lowest BCUT2D eigenvalue weighted by Gasteiger charge is -2.49. The van der Waals surface area contributed by atoms with E-state index in [1.165, 1.54) is 49.7 Å². The van der Waals surface area contributed by atoms with Gasteiger partial charge < -0.3 is 10.2 Å². The molecule has 1 aliphatic heterocycles. The molecule has 1 spiro atoms. The molecule has 6 nitrogen and oxygen atoms in total. The van der Waals surface area contributed by atoms with E-state index in [-0.39, 0.29) is 24.3 Å². The Morgan fingerprint density at radius 1 is 1.10 bits per heavy atom. The van der Waals surface area contributed by atoms with Crippen LogP contribution in [0.5, 0.6) is 0 Å². The first kappa shape index (κ1) is 26.3. The van der Waals surface area contributed by atoms with Crippen molar-refractivity contribution in [2.45, 2.75) is 93.6 Å². The van der Waals surface area contributed by atoms with Crippen molar-refractivity contribution >= 4 is 30.0 Å². The van der Waals surface area contributed by atoms with Crippen molar-refractivity contribution < 1.29 is 14.4 Å². The van der Waals surface area contributed by atoms with Gasteiger partial charge in [0.15, 0.2) is 0 Å². The number of nitrogens with one attached hydrogen (secondary N) is 2. The quantitative estimate of drug-likeness (QED) is 0.284. The molecular weight excluding hydrogens is 518 g/mol. The van der Waals surface area contributed by atoms with E-state index in [0.717, 1.165) is 51.5 Å². The Morgan fingerprint density at radius 3 is 2.75 bits per heavy atom. The molecule has 2 aromatic carbocycles. The molecule has 1 heterocycles. The second-order valence-corrected chi connectivity index (χ2v) is 14.3. The van der Waals surface area contributed by atoms with Crippen molar-refractivity contribution in [1.29, 1.82) is 0 Å². The summed E-state index contributed by atoms with van der Waals surface area (Å²) < 4.78 is 0. The molecule has 210 valence electrons. The zero-order chi connectivity index (χ0) is 27.5. The lowest BCUT2D eigenvalue weighted by Crippen LogP contribution is -2.47. The molecule has 6 atom stereocenters. The lowest BCUT2D eigenvalue weighted by atomic mass is 9.56. The molecular formula is C33H39N3O3S. The third kappa shape index (κ3) is 4.40. The third-order valence-electron chi connectivity index (χ3n) is 11.0. The summed E-state index contributed by atoms with van der Waals surface area (Å²) in [5.74, 6) is 3.58. The van der Waals surface area contributed by atoms with Gasteiger partial charge in [-0.25, -0.2) is 0 Å². The Morgan fingerprint density at radius 2 is 1.93 bits per heavy atom. The molecule has 4 aliphatic carbocycles. The summed E-state index contributed by atoms with van der Waals surface area (Å²) in [6.45, 7) is 3.49. The minimum atomic E-state index is -0.312. The van der Waals surface area contributed by atoms with Gasteiger partial charge in [-0.15, -0.1) is 11.8 Å². The van der Waals surface area contributed by atoms with Crippen LogP contribution in [0.15, 0.2) is 47.4 Å². The van der Waals surface area contributed by atoms with Gasteiger partial charge in [-0.2, -0.15) is 0 Å². The van der Waals surface area contributed by atoms with Gasteiger partial charge in [-0.05, 0) is 104 Å². The van der Waals surface area contributed by atoms with E-state index in [1.807, 2.05) is 24.0 Å². The van der Waals surface area contributed by atoms with Crippen molar-refractivity contribution in [1.82, 2.24) is 15.5 Å². The van der Waals surface area contributed by atoms with Gasteiger partial charge in [0.2, 0.25) is 12.3 Å². The van der Waals surface area contributed by atoms with Gasteiger partial charge in [-0.1, -0.05) is 30.3 Å². The number of rotatable bonds is 11. The van der Waals surface area contributed by atoms with E-state index in [9.17, 15) is 14.4 Å². The Balaban J connectivity index is 0.940. The second kappa shape index (κ2) is 10.0. The summed E-state index contributed by atoms with van der Waals surface area (Å²) in [6, 6.07) is 15.0. The molecule has 4 fully saturated rings. The van der Waals surface area contributed by atoms with E-state index in [0.29, 0.717) is 24.9 Å². The van der Waals surface area contributed by atoms with Crippen LogP contribution in [-0.4, -0.2) is 34.7 Å². The van der Waals surface area contributed by atoms with Crippen LogP contribution in [-0.2, 0) is 28.4 Å². The van der Waals surface area contributed by atoms with Crippen molar-refractivity contribution in [2.75, 3.05) is 0 Å². The van der Waals surface area contributed by atoms with E-state index >= 15 is 0 Å². The number of hydrogen-bond donors (Lipinski definition) is 2. The van der Waals surface area contributed by atoms with Gasteiger partial charge in [0, 0.05) is 47.3 Å². The fraction of sp³-hybridized carbons (Fsp3) is 0.545. The summed E-state index contributed by atoms with van der Waals surface area (Å²) in [7, 11) is 0. The molecule has 0 saturated heterocycles. The number of imide groups is 1. The Hall–Kier alpha value is -2.64. The predicted molar refractivity (Wildman–Crippen MR) is 155 cm³/mol. The zero-order valence-corrected chi connectivity index (χ0v) is 24.1. The minimum Gasteiger partial charge on any atom is -0.332 e. The maximum absolute atomic E-state index is 13.1. The fourth-order valence-corrected chi connectivity index (χ4v) is 10.3. The van der Waals surface area contributed by atoms with Crippen LogP contribution in [0, 0.1) is 23.2 Å². The van der Waals surface area contributed by atoms with Crippen LogP contribution >= 0.6 is 11.8 Å². The van der Waals surface area contributed by atoms with Gasteiger partial charge in [0.1, 0.15) is 0 Å². The molecule has 40 heavy (non-hydrogen) atoms. The summed E-state index contributed by atoms with van der Waals surface area (Å²) in [5.41, 5.74) is 5.62. The standard InChI is InChI=1S/C33H39N3O3S/c1-21(5-10-30(38)34-20-37)36-17-28-27(31(36)39)3-2-4-29(28)40-18-23-8-6-22(7-9-23)16-35-32-13-24-11-25-12-26(15-32)33(25,14-24)19-32/h2-4,6-9,20-21,24-26,35H,5,10-19H2,1H3,(H,34,37,38). The number of thioether (sulfide) groups is 1. The summed E-state index contributed by atoms with van der Waals surface area (Å²) >= 11 is 1.78. The monoisotopic (exact) mass is 557 g/mol. The van der Waals surface area contributed by atoms with Crippen molar-refractivity contribution in [3.05, 3.63) is 64.7 Å². The topological polar surface area (TPSA) is 78.5 Å². The molecule has 2 N–H and O–H groups in total. The van der Waals surface area contributed by atoms with Crippen LogP contribution in [0.3, 0.4) is 0 Å². The highest BCUT2D eigenvalue weighted by Crippen LogP contribution is 2.76. The summed E-state index contributed by atoms with van der Waals surface area (Å²) in [6.07, 6.45) is 9.90. The lowest BCUT2D eigenvalue weighted by molar-refractivity contribution is -0.125. The van der Waals surface area contributed by atoms with Crippen LogP contribution in [0.1, 0.15) is 85.3 Å². The normalized spacial score (nSPS) is 31.6.